The van der Waals surface area contributed by atoms with Crippen LogP contribution < -0.4 is 11.1 Å². The zero-order valence-corrected chi connectivity index (χ0v) is 9.64. The number of aryl methyl sites for hydroxylation is 1. The molecule has 0 aliphatic carbocycles. The summed E-state index contributed by atoms with van der Waals surface area (Å²) in [4.78, 5) is 8.65. The van der Waals surface area contributed by atoms with Gasteiger partial charge in [0.05, 0.1) is 11.8 Å². The van der Waals surface area contributed by atoms with E-state index >= 15 is 0 Å². The second-order valence-corrected chi connectivity index (χ2v) is 4.01. The van der Waals surface area contributed by atoms with Crippen LogP contribution in [0.2, 0.25) is 0 Å². The number of fused-ring (bicyclic) bond motifs is 1. The van der Waals surface area contributed by atoms with Crippen molar-refractivity contribution in [3.8, 4) is 0 Å². The molecule has 5 nitrogen and oxygen atoms in total. The number of nitrogens with one attached hydrogen (secondary N) is 1. The standard InChI is InChI=1S/C11H17N5/c1-8(3-5-12)15-11-10-9(4-6-13-11)16(2)7-14-10/h4,6-8H,3,5,12H2,1-2H3,(H,13,15). The first-order chi connectivity index (χ1) is 7.72. The summed E-state index contributed by atoms with van der Waals surface area (Å²) in [6, 6.07) is 2.27. The molecule has 3 N–H and O–H groups in total. The fraction of sp³-hybridized carbons (Fsp3) is 0.455. The zero-order chi connectivity index (χ0) is 11.5. The topological polar surface area (TPSA) is 68.8 Å². The van der Waals surface area contributed by atoms with Gasteiger partial charge in [-0.2, -0.15) is 0 Å². The molecule has 2 aromatic heterocycles. The molecule has 2 rings (SSSR count). The lowest BCUT2D eigenvalue weighted by Crippen LogP contribution is -2.20. The summed E-state index contributed by atoms with van der Waals surface area (Å²) in [6.45, 7) is 2.77. The Morgan fingerprint density at radius 1 is 1.50 bits per heavy atom. The lowest BCUT2D eigenvalue weighted by Gasteiger charge is -2.13. The van der Waals surface area contributed by atoms with Crippen LogP contribution in [-0.4, -0.2) is 27.1 Å². The third-order valence-electron chi connectivity index (χ3n) is 2.63. The van der Waals surface area contributed by atoms with Gasteiger partial charge in [-0.25, -0.2) is 9.97 Å². The van der Waals surface area contributed by atoms with Crippen LogP contribution in [0.5, 0.6) is 0 Å². The van der Waals surface area contributed by atoms with Gasteiger partial charge in [-0.05, 0) is 26.0 Å². The zero-order valence-electron chi connectivity index (χ0n) is 9.64. The van der Waals surface area contributed by atoms with Crippen molar-refractivity contribution >= 4 is 16.9 Å². The van der Waals surface area contributed by atoms with Crippen LogP contribution in [0.25, 0.3) is 11.0 Å². The van der Waals surface area contributed by atoms with Gasteiger partial charge in [0.25, 0.3) is 0 Å². The summed E-state index contributed by atoms with van der Waals surface area (Å²) in [7, 11) is 1.97. The van der Waals surface area contributed by atoms with Crippen molar-refractivity contribution in [3.63, 3.8) is 0 Å². The molecule has 2 heterocycles. The number of aromatic nitrogens is 3. The number of anilines is 1. The third kappa shape index (κ3) is 1.99. The fourth-order valence-corrected chi connectivity index (χ4v) is 1.72. The summed E-state index contributed by atoms with van der Waals surface area (Å²) >= 11 is 0. The summed E-state index contributed by atoms with van der Waals surface area (Å²) in [5.41, 5.74) is 7.51. The molecule has 0 aliphatic heterocycles. The molecule has 0 aromatic carbocycles. The van der Waals surface area contributed by atoms with E-state index in [1.807, 2.05) is 17.7 Å². The van der Waals surface area contributed by atoms with Crippen LogP contribution in [0.3, 0.4) is 0 Å². The quantitative estimate of drug-likeness (QED) is 0.808. The van der Waals surface area contributed by atoms with Crippen molar-refractivity contribution < 1.29 is 0 Å². The summed E-state index contributed by atoms with van der Waals surface area (Å²) in [5.74, 6) is 0.832. The summed E-state index contributed by atoms with van der Waals surface area (Å²) < 4.78 is 1.98. The summed E-state index contributed by atoms with van der Waals surface area (Å²) in [6.07, 6.45) is 4.51. The van der Waals surface area contributed by atoms with E-state index in [-0.39, 0.29) is 0 Å². The molecule has 86 valence electrons. The minimum atomic E-state index is 0.310. The summed E-state index contributed by atoms with van der Waals surface area (Å²) in [5, 5.41) is 3.33. The number of nitrogens with two attached hydrogens (primary N) is 1. The first-order valence-corrected chi connectivity index (χ1v) is 5.45. The highest BCUT2D eigenvalue weighted by molar-refractivity contribution is 5.85. The number of nitrogens with zero attached hydrogens (tertiary/aromatic N) is 3. The van der Waals surface area contributed by atoms with Gasteiger partial charge in [0.2, 0.25) is 0 Å². The van der Waals surface area contributed by atoms with Crippen molar-refractivity contribution in [2.24, 2.45) is 12.8 Å². The lowest BCUT2D eigenvalue weighted by atomic mass is 10.2. The Balaban J connectivity index is 2.30. The van der Waals surface area contributed by atoms with Crippen molar-refractivity contribution in [2.75, 3.05) is 11.9 Å². The van der Waals surface area contributed by atoms with Crippen LogP contribution in [0.1, 0.15) is 13.3 Å². The fourth-order valence-electron chi connectivity index (χ4n) is 1.72. The minimum absolute atomic E-state index is 0.310. The molecule has 16 heavy (non-hydrogen) atoms. The number of pyridine rings is 1. The molecule has 5 heteroatoms. The van der Waals surface area contributed by atoms with E-state index < -0.39 is 0 Å². The van der Waals surface area contributed by atoms with Gasteiger partial charge < -0.3 is 15.6 Å². The van der Waals surface area contributed by atoms with Crippen LogP contribution in [0, 0.1) is 0 Å². The van der Waals surface area contributed by atoms with E-state index in [9.17, 15) is 0 Å². The lowest BCUT2D eigenvalue weighted by molar-refractivity contribution is 0.714. The second-order valence-electron chi connectivity index (χ2n) is 4.01. The van der Waals surface area contributed by atoms with E-state index in [1.165, 1.54) is 0 Å². The van der Waals surface area contributed by atoms with Gasteiger partial charge in [0.1, 0.15) is 5.52 Å². The number of imidazole rings is 1. The largest absolute Gasteiger partial charge is 0.366 e. The van der Waals surface area contributed by atoms with Gasteiger partial charge in [-0.15, -0.1) is 0 Å². The van der Waals surface area contributed by atoms with Crippen LogP contribution >= 0.6 is 0 Å². The highest BCUT2D eigenvalue weighted by Crippen LogP contribution is 2.19. The normalized spacial score (nSPS) is 12.9. The Bertz CT molecular complexity index is 476. The smallest absolute Gasteiger partial charge is 0.154 e. The highest BCUT2D eigenvalue weighted by atomic mass is 15.1. The van der Waals surface area contributed by atoms with Gasteiger partial charge in [-0.1, -0.05) is 0 Å². The minimum Gasteiger partial charge on any atom is -0.366 e. The number of hydrogen-bond donors (Lipinski definition) is 2. The Labute approximate surface area is 94.7 Å². The molecule has 1 unspecified atom stereocenters. The van der Waals surface area contributed by atoms with Crippen molar-refractivity contribution in [1.29, 1.82) is 0 Å². The Kier molecular flexibility index (Phi) is 3.05. The van der Waals surface area contributed by atoms with Crippen LogP contribution in [0.15, 0.2) is 18.6 Å². The molecule has 0 saturated heterocycles. The number of rotatable bonds is 4. The molecule has 0 amide bonds. The SMILES string of the molecule is CC(CCN)Nc1nccc2c1ncn2C. The molecule has 0 spiro atoms. The molecule has 0 radical (unpaired) electrons. The van der Waals surface area contributed by atoms with E-state index in [1.54, 1.807) is 12.5 Å². The third-order valence-corrected chi connectivity index (χ3v) is 2.63. The maximum atomic E-state index is 5.52. The molecule has 1 atom stereocenters. The maximum Gasteiger partial charge on any atom is 0.154 e. The van der Waals surface area contributed by atoms with Crippen molar-refractivity contribution in [3.05, 3.63) is 18.6 Å². The predicted molar refractivity (Wildman–Crippen MR) is 65.3 cm³/mol. The second kappa shape index (κ2) is 4.49. The maximum absolute atomic E-state index is 5.52. The Morgan fingerprint density at radius 2 is 2.31 bits per heavy atom. The average Bonchev–Trinajstić information content (AvgIpc) is 2.62. The monoisotopic (exact) mass is 219 g/mol. The first-order valence-electron chi connectivity index (χ1n) is 5.45. The van der Waals surface area contributed by atoms with Gasteiger partial charge in [0.15, 0.2) is 5.82 Å². The Hall–Kier alpha value is -1.62. The van der Waals surface area contributed by atoms with E-state index in [4.69, 9.17) is 5.73 Å². The number of hydrogen-bond acceptors (Lipinski definition) is 4. The van der Waals surface area contributed by atoms with Crippen molar-refractivity contribution in [2.45, 2.75) is 19.4 Å². The Morgan fingerprint density at radius 3 is 3.06 bits per heavy atom. The average molecular weight is 219 g/mol. The molecule has 0 aliphatic rings. The van der Waals surface area contributed by atoms with Gasteiger partial charge >= 0.3 is 0 Å². The van der Waals surface area contributed by atoms with E-state index in [0.29, 0.717) is 12.6 Å². The van der Waals surface area contributed by atoms with E-state index in [0.717, 1.165) is 23.3 Å². The highest BCUT2D eigenvalue weighted by Gasteiger charge is 2.08. The molecule has 0 saturated carbocycles. The van der Waals surface area contributed by atoms with Crippen molar-refractivity contribution in [1.82, 2.24) is 14.5 Å². The van der Waals surface area contributed by atoms with Gasteiger partial charge in [-0.3, -0.25) is 0 Å². The first kappa shape index (κ1) is 10.9. The molecule has 2 aromatic rings. The molecular formula is C11H17N5. The molecular weight excluding hydrogens is 202 g/mol. The molecule has 0 fully saturated rings. The van der Waals surface area contributed by atoms with E-state index in [2.05, 4.69) is 22.2 Å². The van der Waals surface area contributed by atoms with Gasteiger partial charge in [0, 0.05) is 19.3 Å². The van der Waals surface area contributed by atoms with Crippen LogP contribution in [-0.2, 0) is 7.05 Å². The predicted octanol–water partition coefficient (Wildman–Crippen LogP) is 1.12. The molecule has 0 bridgehead atoms. The van der Waals surface area contributed by atoms with Crippen LogP contribution in [0.4, 0.5) is 5.82 Å².